The van der Waals surface area contributed by atoms with Crippen molar-refractivity contribution in [2.45, 2.75) is 31.5 Å². The van der Waals surface area contributed by atoms with E-state index in [2.05, 4.69) is 46.3 Å². The van der Waals surface area contributed by atoms with Gasteiger partial charge < -0.3 is 10.2 Å². The Morgan fingerprint density at radius 3 is 2.39 bits per heavy atom. The van der Waals surface area contributed by atoms with Gasteiger partial charge in [-0.25, -0.2) is 0 Å². The number of hydrogen-bond donors (Lipinski definition) is 1. The van der Waals surface area contributed by atoms with Crippen molar-refractivity contribution in [2.75, 3.05) is 42.9 Å². The van der Waals surface area contributed by atoms with Crippen LogP contribution in [0, 0.1) is 0 Å². The van der Waals surface area contributed by atoms with Crippen molar-refractivity contribution in [3.05, 3.63) is 59.7 Å². The third kappa shape index (κ3) is 3.97. The zero-order chi connectivity index (χ0) is 19.7. The fraction of sp³-hybridized carbons (Fsp3) is 0.455. The topological polar surface area (TPSA) is 18.5 Å². The zero-order valence-corrected chi connectivity index (χ0v) is 16.0. The van der Waals surface area contributed by atoms with E-state index in [0.717, 1.165) is 50.4 Å². The van der Waals surface area contributed by atoms with Crippen molar-refractivity contribution in [3.63, 3.8) is 0 Å². The van der Waals surface area contributed by atoms with E-state index >= 15 is 0 Å². The first kappa shape index (κ1) is 19.1. The number of hydrogen-bond acceptors (Lipinski definition) is 3. The lowest BCUT2D eigenvalue weighted by atomic mass is 9.91. The van der Waals surface area contributed by atoms with Crippen LogP contribution in [0.2, 0.25) is 0 Å². The van der Waals surface area contributed by atoms with Gasteiger partial charge in [-0.05, 0) is 55.8 Å². The number of nitrogens with one attached hydrogen (secondary N) is 1. The van der Waals surface area contributed by atoms with Crippen LogP contribution in [0.15, 0.2) is 48.5 Å². The SMILES string of the molecule is CC1Nc2ccc(C(F)(F)F)cc2C1CCN1CCN(c2ccccc2)CC1. The molecule has 0 aliphatic carbocycles. The number of fused-ring (bicyclic) bond motifs is 1. The first-order valence-electron chi connectivity index (χ1n) is 9.92. The van der Waals surface area contributed by atoms with Gasteiger partial charge in [0, 0.05) is 49.5 Å². The summed E-state index contributed by atoms with van der Waals surface area (Å²) >= 11 is 0. The van der Waals surface area contributed by atoms with E-state index in [-0.39, 0.29) is 12.0 Å². The van der Waals surface area contributed by atoms with Crippen LogP contribution in [0.4, 0.5) is 24.5 Å². The van der Waals surface area contributed by atoms with E-state index < -0.39 is 11.7 Å². The van der Waals surface area contributed by atoms with E-state index in [4.69, 9.17) is 0 Å². The summed E-state index contributed by atoms with van der Waals surface area (Å²) in [5.41, 5.74) is 2.36. The van der Waals surface area contributed by atoms with Crippen LogP contribution in [-0.4, -0.2) is 43.7 Å². The standard InChI is InChI=1S/C22H26F3N3/c1-16-19(20-15-17(22(23,24)25)7-8-21(20)26-16)9-10-27-11-13-28(14-12-27)18-5-3-2-4-6-18/h2-8,15-16,19,26H,9-14H2,1H3. The van der Waals surface area contributed by atoms with Crippen LogP contribution in [0.1, 0.15) is 30.4 Å². The van der Waals surface area contributed by atoms with Gasteiger partial charge in [0.05, 0.1) is 5.56 Å². The van der Waals surface area contributed by atoms with Gasteiger partial charge in [-0.2, -0.15) is 13.2 Å². The van der Waals surface area contributed by atoms with Gasteiger partial charge in [0.25, 0.3) is 0 Å². The van der Waals surface area contributed by atoms with Crippen LogP contribution in [-0.2, 0) is 6.18 Å². The molecule has 4 rings (SSSR count). The second-order valence-corrected chi connectivity index (χ2v) is 7.79. The summed E-state index contributed by atoms with van der Waals surface area (Å²) in [6.07, 6.45) is -3.42. The number of nitrogens with zero attached hydrogens (tertiary/aromatic N) is 2. The Morgan fingerprint density at radius 2 is 1.71 bits per heavy atom. The third-order valence-electron chi connectivity index (χ3n) is 6.02. The highest BCUT2D eigenvalue weighted by atomic mass is 19.4. The van der Waals surface area contributed by atoms with Crippen LogP contribution in [0.25, 0.3) is 0 Å². The van der Waals surface area contributed by atoms with E-state index in [0.29, 0.717) is 0 Å². The van der Waals surface area contributed by atoms with Crippen LogP contribution < -0.4 is 10.2 Å². The van der Waals surface area contributed by atoms with Gasteiger partial charge in [-0.3, -0.25) is 4.90 Å². The molecule has 3 nitrogen and oxygen atoms in total. The number of piperazine rings is 1. The highest BCUT2D eigenvalue weighted by Crippen LogP contribution is 2.41. The summed E-state index contributed by atoms with van der Waals surface area (Å²) in [4.78, 5) is 4.82. The number of benzene rings is 2. The van der Waals surface area contributed by atoms with Crippen LogP contribution >= 0.6 is 0 Å². The summed E-state index contributed by atoms with van der Waals surface area (Å²) in [7, 11) is 0. The van der Waals surface area contributed by atoms with Gasteiger partial charge in [-0.1, -0.05) is 18.2 Å². The molecule has 0 bridgehead atoms. The quantitative estimate of drug-likeness (QED) is 0.809. The second-order valence-electron chi connectivity index (χ2n) is 7.79. The number of anilines is 2. The molecule has 2 aromatic rings. The molecule has 1 saturated heterocycles. The molecule has 0 saturated carbocycles. The number of rotatable bonds is 4. The molecular weight excluding hydrogens is 363 g/mol. The minimum Gasteiger partial charge on any atom is -0.382 e. The molecule has 28 heavy (non-hydrogen) atoms. The summed E-state index contributed by atoms with van der Waals surface area (Å²) in [6, 6.07) is 14.7. The van der Waals surface area contributed by atoms with Gasteiger partial charge in [-0.15, -0.1) is 0 Å². The predicted molar refractivity (Wildman–Crippen MR) is 107 cm³/mol. The normalized spacial score (nSPS) is 22.8. The molecule has 2 atom stereocenters. The Bertz CT molecular complexity index is 798. The van der Waals surface area contributed by atoms with E-state index in [9.17, 15) is 13.2 Å². The molecule has 2 unspecified atom stereocenters. The van der Waals surface area contributed by atoms with Crippen molar-refractivity contribution in [1.29, 1.82) is 0 Å². The van der Waals surface area contributed by atoms with Crippen molar-refractivity contribution in [2.24, 2.45) is 0 Å². The summed E-state index contributed by atoms with van der Waals surface area (Å²) in [5, 5.41) is 3.35. The average Bonchev–Trinajstić information content (AvgIpc) is 3.01. The monoisotopic (exact) mass is 389 g/mol. The van der Waals surface area contributed by atoms with Crippen molar-refractivity contribution < 1.29 is 13.2 Å². The summed E-state index contributed by atoms with van der Waals surface area (Å²) < 4.78 is 39.3. The number of halogens is 3. The third-order valence-corrected chi connectivity index (χ3v) is 6.02. The molecule has 2 aliphatic heterocycles. The highest BCUT2D eigenvalue weighted by molar-refractivity contribution is 5.60. The zero-order valence-electron chi connectivity index (χ0n) is 16.0. The van der Waals surface area contributed by atoms with E-state index in [1.54, 1.807) is 6.07 Å². The Hall–Kier alpha value is -2.21. The van der Waals surface area contributed by atoms with E-state index in [1.807, 2.05) is 6.07 Å². The minimum atomic E-state index is -4.29. The molecule has 0 radical (unpaired) electrons. The molecule has 0 aromatic heterocycles. The van der Waals surface area contributed by atoms with Crippen LogP contribution in [0.3, 0.4) is 0 Å². The maximum atomic E-state index is 13.1. The molecule has 2 aromatic carbocycles. The highest BCUT2D eigenvalue weighted by Gasteiger charge is 2.35. The van der Waals surface area contributed by atoms with Gasteiger partial charge in [0.2, 0.25) is 0 Å². The summed E-state index contributed by atoms with van der Waals surface area (Å²) in [6.45, 7) is 6.91. The molecule has 6 heteroatoms. The molecule has 1 fully saturated rings. The lowest BCUT2D eigenvalue weighted by Crippen LogP contribution is -2.47. The molecule has 2 heterocycles. The maximum absolute atomic E-state index is 13.1. The van der Waals surface area contributed by atoms with Gasteiger partial charge >= 0.3 is 6.18 Å². The predicted octanol–water partition coefficient (Wildman–Crippen LogP) is 4.82. The second kappa shape index (κ2) is 7.66. The molecule has 0 amide bonds. The fourth-order valence-electron chi connectivity index (χ4n) is 4.39. The lowest BCUT2D eigenvalue weighted by molar-refractivity contribution is -0.137. The molecular formula is C22H26F3N3. The largest absolute Gasteiger partial charge is 0.416 e. The number of alkyl halides is 3. The Labute approximate surface area is 164 Å². The van der Waals surface area contributed by atoms with Gasteiger partial charge in [0.1, 0.15) is 0 Å². The average molecular weight is 389 g/mol. The molecule has 0 spiro atoms. The first-order chi connectivity index (χ1) is 13.4. The Kier molecular flexibility index (Phi) is 5.23. The van der Waals surface area contributed by atoms with Gasteiger partial charge in [0.15, 0.2) is 0 Å². The molecule has 150 valence electrons. The van der Waals surface area contributed by atoms with E-state index in [1.165, 1.54) is 17.8 Å². The molecule has 2 aliphatic rings. The Balaban J connectivity index is 1.36. The minimum absolute atomic E-state index is 0.115. The smallest absolute Gasteiger partial charge is 0.382 e. The molecule has 1 N–H and O–H groups in total. The van der Waals surface area contributed by atoms with Crippen LogP contribution in [0.5, 0.6) is 0 Å². The summed E-state index contributed by atoms with van der Waals surface area (Å²) in [5.74, 6) is 0.115. The first-order valence-corrected chi connectivity index (χ1v) is 9.92. The Morgan fingerprint density at radius 1 is 1.00 bits per heavy atom. The van der Waals surface area contributed by atoms with Crippen molar-refractivity contribution >= 4 is 11.4 Å². The lowest BCUT2D eigenvalue weighted by Gasteiger charge is -2.36. The van der Waals surface area contributed by atoms with Crippen molar-refractivity contribution in [3.8, 4) is 0 Å². The number of para-hydroxylation sites is 1. The van der Waals surface area contributed by atoms with Crippen molar-refractivity contribution in [1.82, 2.24) is 4.90 Å². The fourth-order valence-corrected chi connectivity index (χ4v) is 4.39. The maximum Gasteiger partial charge on any atom is 0.416 e.